The van der Waals surface area contributed by atoms with Gasteiger partial charge in [-0.1, -0.05) is 304 Å². The number of esters is 4. The maximum atomic E-state index is 13.0. The van der Waals surface area contributed by atoms with Crippen LogP contribution in [0.2, 0.25) is 0 Å². The molecule has 0 spiro atoms. The first-order valence-corrected chi connectivity index (χ1v) is 38.8. The van der Waals surface area contributed by atoms with E-state index in [0.29, 0.717) is 25.7 Å². The van der Waals surface area contributed by atoms with Gasteiger partial charge in [0.15, 0.2) is 12.2 Å². The van der Waals surface area contributed by atoms with E-state index in [1.165, 1.54) is 186 Å². The third-order valence-electron chi connectivity index (χ3n) is 15.9. The maximum absolute atomic E-state index is 13.0. The van der Waals surface area contributed by atoms with Crippen LogP contribution in [0.5, 0.6) is 0 Å². The summed E-state index contributed by atoms with van der Waals surface area (Å²) in [5.74, 6) is -2.12. The second-order valence-corrected chi connectivity index (χ2v) is 27.5. The molecule has 0 saturated carbocycles. The minimum Gasteiger partial charge on any atom is -0.462 e. The molecule has 0 bridgehead atoms. The van der Waals surface area contributed by atoms with E-state index < -0.39 is 97.5 Å². The number of phosphoric ester groups is 2. The number of hydrogen-bond donors (Lipinski definition) is 3. The van der Waals surface area contributed by atoms with Gasteiger partial charge in [0.1, 0.15) is 19.3 Å². The van der Waals surface area contributed by atoms with Crippen LogP contribution in [0, 0.1) is 0 Å². The summed E-state index contributed by atoms with van der Waals surface area (Å²) in [6.07, 6.45) is 49.8. The molecule has 0 aromatic heterocycles. The first kappa shape index (κ1) is 85.1. The van der Waals surface area contributed by atoms with Gasteiger partial charge in [-0.3, -0.25) is 37.3 Å². The monoisotopic (exact) mass is 1280 g/mol. The quantitative estimate of drug-likeness (QED) is 0.0222. The van der Waals surface area contributed by atoms with Crippen LogP contribution in [0.1, 0.15) is 355 Å². The number of phosphoric acid groups is 2. The number of carbonyl (C=O) groups is 4. The van der Waals surface area contributed by atoms with Crippen molar-refractivity contribution in [3.05, 3.63) is 0 Å². The normalized spacial score (nSPS) is 14.1. The molecule has 0 aromatic carbocycles. The van der Waals surface area contributed by atoms with E-state index in [1.54, 1.807) is 0 Å². The summed E-state index contributed by atoms with van der Waals surface area (Å²) in [7, 11) is -9.89. The third-order valence-corrected chi connectivity index (χ3v) is 17.8. The molecule has 17 nitrogen and oxygen atoms in total. The molecule has 516 valence electrons. The fourth-order valence-corrected chi connectivity index (χ4v) is 11.9. The fraction of sp³-hybridized carbons (Fsp3) is 0.941. The Hall–Kier alpha value is -1.94. The van der Waals surface area contributed by atoms with Crippen LogP contribution in [-0.2, 0) is 65.4 Å². The number of aliphatic hydroxyl groups excluding tert-OH is 1. The number of carbonyl (C=O) groups excluding carboxylic acids is 4. The molecule has 0 fully saturated rings. The van der Waals surface area contributed by atoms with Gasteiger partial charge in [0.25, 0.3) is 0 Å². The van der Waals surface area contributed by atoms with Gasteiger partial charge in [-0.05, 0) is 25.7 Å². The van der Waals surface area contributed by atoms with Crippen molar-refractivity contribution in [2.75, 3.05) is 39.6 Å². The van der Waals surface area contributed by atoms with Crippen LogP contribution in [0.3, 0.4) is 0 Å². The summed E-state index contributed by atoms with van der Waals surface area (Å²) in [5.41, 5.74) is 0. The van der Waals surface area contributed by atoms with Crippen molar-refractivity contribution >= 4 is 39.5 Å². The summed E-state index contributed by atoms with van der Waals surface area (Å²) in [4.78, 5) is 72.4. The number of unbranched alkanes of at least 4 members (excludes halogenated alkanes) is 43. The third kappa shape index (κ3) is 62.6. The molecular formula is C68H132O17P2. The minimum absolute atomic E-state index is 0.107. The Morgan fingerprint density at radius 2 is 0.460 bits per heavy atom. The highest BCUT2D eigenvalue weighted by Crippen LogP contribution is 2.45. The number of aliphatic hydroxyl groups is 1. The summed E-state index contributed by atoms with van der Waals surface area (Å²) in [5, 5.41) is 10.6. The highest BCUT2D eigenvalue weighted by atomic mass is 31.2. The van der Waals surface area contributed by atoms with E-state index in [-0.39, 0.29) is 25.7 Å². The van der Waals surface area contributed by atoms with Crippen molar-refractivity contribution in [2.45, 2.75) is 373 Å². The molecule has 0 aliphatic heterocycles. The fourth-order valence-electron chi connectivity index (χ4n) is 10.3. The predicted molar refractivity (Wildman–Crippen MR) is 349 cm³/mol. The largest absolute Gasteiger partial charge is 0.472 e. The Labute approximate surface area is 530 Å². The Morgan fingerprint density at radius 3 is 0.678 bits per heavy atom. The minimum atomic E-state index is -4.95. The smallest absolute Gasteiger partial charge is 0.462 e. The molecule has 0 saturated heterocycles. The van der Waals surface area contributed by atoms with Gasteiger partial charge in [-0.15, -0.1) is 0 Å². The Kier molecular flexibility index (Phi) is 61.4. The Bertz CT molecular complexity index is 1670. The van der Waals surface area contributed by atoms with Gasteiger partial charge in [-0.2, -0.15) is 0 Å². The topological polar surface area (TPSA) is 237 Å². The average Bonchev–Trinajstić information content (AvgIpc) is 3.58. The zero-order valence-corrected chi connectivity index (χ0v) is 57.8. The van der Waals surface area contributed by atoms with Crippen LogP contribution in [0.15, 0.2) is 0 Å². The van der Waals surface area contributed by atoms with Crippen molar-refractivity contribution < 1.29 is 80.2 Å². The predicted octanol–water partition coefficient (Wildman–Crippen LogP) is 19.5. The zero-order chi connectivity index (χ0) is 64.0. The SMILES string of the molecule is CCCCCCCCCCCCCCCCCC(=O)O[C@H](COC(=O)CCCCCCCCCCCCCC)COP(=O)(O)OC[C@@H](O)COP(=O)(O)OC[C@@H](COC(=O)CCCCCCCCCCC)OC(=O)CCCCCCCCCCCCC. The molecule has 0 aliphatic rings. The molecule has 0 aliphatic carbocycles. The molecule has 0 amide bonds. The first-order valence-electron chi connectivity index (χ1n) is 35.8. The lowest BCUT2D eigenvalue weighted by molar-refractivity contribution is -0.161. The second-order valence-electron chi connectivity index (χ2n) is 24.6. The highest BCUT2D eigenvalue weighted by molar-refractivity contribution is 7.47. The van der Waals surface area contributed by atoms with Crippen LogP contribution in [0.4, 0.5) is 0 Å². The van der Waals surface area contributed by atoms with Crippen molar-refractivity contribution in [2.24, 2.45) is 0 Å². The van der Waals surface area contributed by atoms with Gasteiger partial charge in [-0.25, -0.2) is 9.13 Å². The summed E-state index contributed by atoms with van der Waals surface area (Å²) in [6.45, 7) is 4.92. The van der Waals surface area contributed by atoms with Gasteiger partial charge in [0, 0.05) is 25.7 Å². The molecule has 87 heavy (non-hydrogen) atoms. The summed E-state index contributed by atoms with van der Waals surface area (Å²) < 4.78 is 68.2. The van der Waals surface area contributed by atoms with E-state index >= 15 is 0 Å². The Balaban J connectivity index is 5.23. The summed E-state index contributed by atoms with van der Waals surface area (Å²) in [6, 6.07) is 0. The zero-order valence-electron chi connectivity index (χ0n) is 56.0. The van der Waals surface area contributed by atoms with E-state index in [0.717, 1.165) is 89.9 Å². The number of hydrogen-bond acceptors (Lipinski definition) is 15. The molecular weight excluding hydrogens is 1150 g/mol. The van der Waals surface area contributed by atoms with Gasteiger partial charge in [0.2, 0.25) is 0 Å². The standard InChI is InChI=1S/C68H132O17P2/c1-5-9-13-17-21-25-28-30-31-32-35-39-43-47-51-55-68(73)85-64(59-79-66(71)53-49-45-41-37-34-29-26-22-18-14-10-6-2)61-83-87(76,77)81-57-62(69)56-80-86(74,75)82-60-63(58-78-65(70)52-48-44-40-36-24-20-16-12-8-4)84-67(72)54-50-46-42-38-33-27-23-19-15-11-7-3/h62-64,69H,5-61H2,1-4H3,(H,74,75)(H,76,77)/t62-,63+,64+/m0/s1. The lowest BCUT2D eigenvalue weighted by atomic mass is 10.0. The molecule has 19 heteroatoms. The number of rotatable bonds is 69. The van der Waals surface area contributed by atoms with Crippen molar-refractivity contribution in [1.82, 2.24) is 0 Å². The molecule has 0 rings (SSSR count). The van der Waals surface area contributed by atoms with E-state index in [1.807, 2.05) is 0 Å². The van der Waals surface area contributed by atoms with Gasteiger partial charge >= 0.3 is 39.5 Å². The van der Waals surface area contributed by atoms with Gasteiger partial charge < -0.3 is 33.8 Å². The highest BCUT2D eigenvalue weighted by Gasteiger charge is 2.30. The van der Waals surface area contributed by atoms with E-state index in [2.05, 4.69) is 27.7 Å². The van der Waals surface area contributed by atoms with E-state index in [9.17, 15) is 43.2 Å². The lowest BCUT2D eigenvalue weighted by Gasteiger charge is -2.21. The molecule has 0 radical (unpaired) electrons. The van der Waals surface area contributed by atoms with Crippen LogP contribution in [0.25, 0.3) is 0 Å². The molecule has 0 heterocycles. The van der Waals surface area contributed by atoms with Crippen LogP contribution >= 0.6 is 15.6 Å². The van der Waals surface area contributed by atoms with Crippen LogP contribution in [-0.4, -0.2) is 96.7 Å². The van der Waals surface area contributed by atoms with Crippen molar-refractivity contribution in [3.63, 3.8) is 0 Å². The average molecular weight is 1280 g/mol. The van der Waals surface area contributed by atoms with E-state index in [4.69, 9.17) is 37.0 Å². The van der Waals surface area contributed by atoms with Crippen molar-refractivity contribution in [1.29, 1.82) is 0 Å². The second kappa shape index (κ2) is 62.8. The molecule has 3 N–H and O–H groups in total. The maximum Gasteiger partial charge on any atom is 0.472 e. The molecule has 0 aromatic rings. The van der Waals surface area contributed by atoms with Gasteiger partial charge in [0.05, 0.1) is 26.4 Å². The number of ether oxygens (including phenoxy) is 4. The molecule has 2 unspecified atom stereocenters. The van der Waals surface area contributed by atoms with Crippen LogP contribution < -0.4 is 0 Å². The first-order chi connectivity index (χ1) is 42.2. The lowest BCUT2D eigenvalue weighted by Crippen LogP contribution is -2.30. The van der Waals surface area contributed by atoms with Crippen molar-refractivity contribution in [3.8, 4) is 0 Å². The summed E-state index contributed by atoms with van der Waals surface area (Å²) >= 11 is 0. The molecule has 5 atom stereocenters. The Morgan fingerprint density at radius 1 is 0.276 bits per heavy atom.